The van der Waals surface area contributed by atoms with Crippen molar-refractivity contribution in [2.75, 3.05) is 0 Å². The van der Waals surface area contributed by atoms with Crippen molar-refractivity contribution in [2.24, 2.45) is 0 Å². The third-order valence-corrected chi connectivity index (χ3v) is 10.6. The molecule has 0 aliphatic rings. The highest BCUT2D eigenvalue weighted by Gasteiger charge is 2.24. The maximum Gasteiger partial charge on any atom is 0.213 e. The van der Waals surface area contributed by atoms with E-state index in [2.05, 4.69) is 159 Å². The van der Waals surface area contributed by atoms with Gasteiger partial charge < -0.3 is 8.83 Å². The quantitative estimate of drug-likeness (QED) is 0.190. The summed E-state index contributed by atoms with van der Waals surface area (Å²) in [6, 6.07) is 58.0. The van der Waals surface area contributed by atoms with E-state index in [0.29, 0.717) is 0 Å². The maximum atomic E-state index is 6.61. The second-order valence-electron chi connectivity index (χ2n) is 13.3. The minimum absolute atomic E-state index is 0.852. The van der Waals surface area contributed by atoms with Crippen molar-refractivity contribution >= 4 is 87.7 Å². The third kappa shape index (κ3) is 3.54. The van der Waals surface area contributed by atoms with E-state index in [0.717, 1.165) is 88.7 Å². The Morgan fingerprint density at radius 1 is 0.314 bits per heavy atom. The second kappa shape index (κ2) is 9.80. The molecule has 12 aromatic rings. The first kappa shape index (κ1) is 26.9. The highest BCUT2D eigenvalue weighted by molar-refractivity contribution is 6.23. The Labute approximate surface area is 290 Å². The summed E-state index contributed by atoms with van der Waals surface area (Å²) in [5.74, 6) is 0. The summed E-state index contributed by atoms with van der Waals surface area (Å²) in [4.78, 5) is 0. The van der Waals surface area contributed by atoms with E-state index in [1.165, 1.54) is 16.2 Å². The van der Waals surface area contributed by atoms with E-state index in [1.807, 2.05) is 18.2 Å². The van der Waals surface area contributed by atoms with Crippen LogP contribution in [0.2, 0.25) is 0 Å². The van der Waals surface area contributed by atoms with Crippen LogP contribution >= 0.6 is 0 Å². The summed E-state index contributed by atoms with van der Waals surface area (Å²) in [5, 5.41) is 9.31. The van der Waals surface area contributed by atoms with E-state index < -0.39 is 0 Å². The molecule has 5 heteroatoms. The molecule has 51 heavy (non-hydrogen) atoms. The van der Waals surface area contributed by atoms with Gasteiger partial charge in [-0.2, -0.15) is 0 Å². The van der Waals surface area contributed by atoms with E-state index in [1.54, 1.807) is 0 Å². The van der Waals surface area contributed by atoms with Crippen LogP contribution in [0.3, 0.4) is 0 Å². The van der Waals surface area contributed by atoms with Gasteiger partial charge >= 0.3 is 0 Å². The number of aromatic nitrogens is 3. The van der Waals surface area contributed by atoms with Crippen LogP contribution in [-0.2, 0) is 0 Å². The molecule has 0 N–H and O–H groups in total. The smallest absolute Gasteiger partial charge is 0.213 e. The summed E-state index contributed by atoms with van der Waals surface area (Å²) < 4.78 is 20.1. The zero-order chi connectivity index (χ0) is 33.2. The van der Waals surface area contributed by atoms with Crippen LogP contribution in [0.15, 0.2) is 173 Å². The highest BCUT2D eigenvalue weighted by atomic mass is 16.3. The fourth-order valence-electron chi connectivity index (χ4n) is 8.52. The van der Waals surface area contributed by atoms with Gasteiger partial charge in [0.05, 0.1) is 27.6 Å². The van der Waals surface area contributed by atoms with Crippen LogP contribution in [0.25, 0.3) is 105 Å². The Balaban J connectivity index is 1.21. The van der Waals surface area contributed by atoms with Crippen LogP contribution in [0, 0.1) is 0 Å². The number of hydrogen-bond acceptors (Lipinski definition) is 2. The molecule has 12 rings (SSSR count). The van der Waals surface area contributed by atoms with E-state index in [-0.39, 0.29) is 0 Å². The zero-order valence-corrected chi connectivity index (χ0v) is 27.2. The first-order valence-electron chi connectivity index (χ1n) is 17.3. The molecule has 0 bridgehead atoms. The van der Waals surface area contributed by atoms with Gasteiger partial charge in [-0.25, -0.2) is 0 Å². The summed E-state index contributed by atoms with van der Waals surface area (Å²) in [6.45, 7) is 0. The van der Waals surface area contributed by atoms with Gasteiger partial charge in [0.15, 0.2) is 0 Å². The Hall–Kier alpha value is -6.98. The molecule has 0 amide bonds. The van der Waals surface area contributed by atoms with Crippen molar-refractivity contribution in [3.8, 4) is 17.1 Å². The molecule has 0 radical (unpaired) electrons. The van der Waals surface area contributed by atoms with Crippen molar-refractivity contribution in [1.82, 2.24) is 13.7 Å². The number of benzene rings is 7. The summed E-state index contributed by atoms with van der Waals surface area (Å²) in [5.41, 5.74) is 11.2. The van der Waals surface area contributed by atoms with Crippen LogP contribution in [0.1, 0.15) is 0 Å². The monoisotopic (exact) mass is 653 g/mol. The van der Waals surface area contributed by atoms with E-state index in [4.69, 9.17) is 8.83 Å². The van der Waals surface area contributed by atoms with Gasteiger partial charge in [0.2, 0.25) is 5.71 Å². The maximum absolute atomic E-state index is 6.61. The zero-order valence-electron chi connectivity index (χ0n) is 27.2. The van der Waals surface area contributed by atoms with Crippen LogP contribution in [0.4, 0.5) is 0 Å². The standard InChI is InChI=1S/C46H27N3O2/c1-2-12-28(13-3-1)49-39-26-29(23-25-35(39)44-36-17-7-11-21-41(36)51-46(44)49)47-37-18-8-4-15-33(37)43-34-16-5-9-19-38(34)48(45(43)47)30-22-24-32-31-14-6-10-20-40(31)50-42(32)27-30/h1-27H. The first-order valence-corrected chi connectivity index (χ1v) is 17.3. The van der Waals surface area contributed by atoms with Crippen LogP contribution in [0.5, 0.6) is 0 Å². The van der Waals surface area contributed by atoms with Crippen molar-refractivity contribution < 1.29 is 8.83 Å². The van der Waals surface area contributed by atoms with Gasteiger partial charge in [0.25, 0.3) is 0 Å². The molecule has 0 spiro atoms. The largest absolute Gasteiger partial charge is 0.456 e. The lowest BCUT2D eigenvalue weighted by atomic mass is 10.1. The van der Waals surface area contributed by atoms with Gasteiger partial charge in [0, 0.05) is 55.1 Å². The fraction of sp³-hybridized carbons (Fsp3) is 0. The van der Waals surface area contributed by atoms with Crippen molar-refractivity contribution in [3.63, 3.8) is 0 Å². The number of fused-ring (bicyclic) bond motifs is 13. The Bertz CT molecular complexity index is 3370. The molecule has 0 saturated carbocycles. The molecule has 0 saturated heterocycles. The molecule has 0 aliphatic heterocycles. The molecule has 5 heterocycles. The van der Waals surface area contributed by atoms with Gasteiger partial charge in [-0.3, -0.25) is 13.7 Å². The SMILES string of the molecule is c1ccc(-n2c3cc(-n4c5ccccc5c5c6ccccc6n(-c6ccc7c(c6)oc6ccccc67)c54)ccc3c3c4ccccc4oc32)cc1. The van der Waals surface area contributed by atoms with Crippen LogP contribution < -0.4 is 0 Å². The molecule has 5 aromatic heterocycles. The first-order chi connectivity index (χ1) is 25.3. The van der Waals surface area contributed by atoms with Gasteiger partial charge in [0.1, 0.15) is 22.4 Å². The summed E-state index contributed by atoms with van der Waals surface area (Å²) in [6.07, 6.45) is 0. The predicted octanol–water partition coefficient (Wildman–Crippen LogP) is 12.5. The normalized spacial score (nSPS) is 12.3. The minimum atomic E-state index is 0.852. The average Bonchev–Trinajstić information content (AvgIpc) is 3.97. The van der Waals surface area contributed by atoms with Crippen LogP contribution in [-0.4, -0.2) is 13.7 Å². The van der Waals surface area contributed by atoms with Crippen molar-refractivity contribution in [2.45, 2.75) is 0 Å². The molecule has 7 aromatic carbocycles. The van der Waals surface area contributed by atoms with Gasteiger partial charge in [-0.15, -0.1) is 0 Å². The van der Waals surface area contributed by atoms with E-state index in [9.17, 15) is 0 Å². The lowest BCUT2D eigenvalue weighted by Gasteiger charge is -2.14. The molecule has 238 valence electrons. The Kier molecular flexibility index (Phi) is 5.17. The average molecular weight is 654 g/mol. The summed E-state index contributed by atoms with van der Waals surface area (Å²) in [7, 11) is 0. The molecule has 0 atom stereocenters. The number of nitrogens with zero attached hydrogens (tertiary/aromatic N) is 3. The topological polar surface area (TPSA) is 41.1 Å². The second-order valence-corrected chi connectivity index (χ2v) is 13.3. The van der Waals surface area contributed by atoms with Crippen molar-refractivity contribution in [3.05, 3.63) is 164 Å². The predicted molar refractivity (Wildman–Crippen MR) is 209 cm³/mol. The Morgan fingerprint density at radius 2 is 0.843 bits per heavy atom. The van der Waals surface area contributed by atoms with Gasteiger partial charge in [-0.05, 0) is 66.7 Å². The number of furan rings is 2. The third-order valence-electron chi connectivity index (χ3n) is 10.6. The fourth-order valence-corrected chi connectivity index (χ4v) is 8.52. The number of rotatable bonds is 3. The lowest BCUT2D eigenvalue weighted by molar-refractivity contribution is 0.645. The molecule has 0 unspecified atom stereocenters. The molecular weight excluding hydrogens is 627 g/mol. The number of hydrogen-bond donors (Lipinski definition) is 0. The Morgan fingerprint density at radius 3 is 1.57 bits per heavy atom. The van der Waals surface area contributed by atoms with Gasteiger partial charge in [-0.1, -0.05) is 91.0 Å². The summed E-state index contributed by atoms with van der Waals surface area (Å²) >= 11 is 0. The molecule has 5 nitrogen and oxygen atoms in total. The molecule has 0 fully saturated rings. The molecular formula is C46H27N3O2. The molecule has 0 aliphatic carbocycles. The van der Waals surface area contributed by atoms with E-state index >= 15 is 0 Å². The van der Waals surface area contributed by atoms with Crippen molar-refractivity contribution in [1.29, 1.82) is 0 Å². The highest BCUT2D eigenvalue weighted by Crippen LogP contribution is 2.44. The number of para-hydroxylation sites is 5. The minimum Gasteiger partial charge on any atom is -0.456 e. The lowest BCUT2D eigenvalue weighted by Crippen LogP contribution is -2.02.